The molecule has 0 radical (unpaired) electrons. The maximum absolute atomic E-state index is 12.4. The summed E-state index contributed by atoms with van der Waals surface area (Å²) in [4.78, 5) is 12.4. The second kappa shape index (κ2) is 6.98. The Bertz CT molecular complexity index is 680. The Hall–Kier alpha value is -2.49. The third kappa shape index (κ3) is 3.58. The van der Waals surface area contributed by atoms with Crippen molar-refractivity contribution in [1.82, 2.24) is 0 Å². The van der Waals surface area contributed by atoms with Gasteiger partial charge in [-0.25, -0.2) is 0 Å². The van der Waals surface area contributed by atoms with Gasteiger partial charge in [0.15, 0.2) is 5.78 Å². The molecule has 2 aromatic carbocycles. The first-order valence-electron chi connectivity index (χ1n) is 7.15. The minimum Gasteiger partial charge on any atom is -0.497 e. The number of aryl methyl sites for hydroxylation is 2. The van der Waals surface area contributed by atoms with Crippen LogP contribution in [0.1, 0.15) is 27.9 Å². The highest BCUT2D eigenvalue weighted by Crippen LogP contribution is 2.26. The van der Waals surface area contributed by atoms with Crippen molar-refractivity contribution in [3.63, 3.8) is 0 Å². The molecule has 0 heterocycles. The van der Waals surface area contributed by atoms with Crippen molar-refractivity contribution < 1.29 is 14.3 Å². The smallest absolute Gasteiger partial charge is 0.165 e. The van der Waals surface area contributed by atoms with E-state index in [4.69, 9.17) is 15.2 Å². The first-order chi connectivity index (χ1) is 10.5. The average molecular weight is 299 g/mol. The van der Waals surface area contributed by atoms with Crippen LogP contribution in [0.4, 0.5) is 5.69 Å². The Balaban J connectivity index is 2.12. The average Bonchev–Trinajstić information content (AvgIpc) is 2.54. The molecule has 2 aromatic rings. The molecule has 2 rings (SSSR count). The molecular formula is C18H21NO3. The lowest BCUT2D eigenvalue weighted by Gasteiger charge is -2.11. The number of methoxy groups -OCH3 is 2. The van der Waals surface area contributed by atoms with Gasteiger partial charge in [-0.05, 0) is 37.1 Å². The number of anilines is 1. The van der Waals surface area contributed by atoms with Crippen LogP contribution in [0, 0.1) is 6.92 Å². The second-order valence-corrected chi connectivity index (χ2v) is 5.19. The summed E-state index contributed by atoms with van der Waals surface area (Å²) in [7, 11) is 3.22. The van der Waals surface area contributed by atoms with Gasteiger partial charge in [-0.2, -0.15) is 0 Å². The molecule has 4 heteroatoms. The van der Waals surface area contributed by atoms with Crippen LogP contribution in [0.5, 0.6) is 11.5 Å². The van der Waals surface area contributed by atoms with E-state index in [1.54, 1.807) is 20.3 Å². The molecule has 0 aromatic heterocycles. The number of hydrogen-bond donors (Lipinski definition) is 1. The molecule has 0 unspecified atom stereocenters. The summed E-state index contributed by atoms with van der Waals surface area (Å²) < 4.78 is 10.5. The summed E-state index contributed by atoms with van der Waals surface area (Å²) in [6.07, 6.45) is 0.982. The molecule has 0 saturated carbocycles. The zero-order valence-electron chi connectivity index (χ0n) is 13.2. The minimum absolute atomic E-state index is 0.0408. The summed E-state index contributed by atoms with van der Waals surface area (Å²) >= 11 is 0. The standard InChI is InChI=1S/C18H21NO3/c1-12-4-8-16(19)15(10-12)17(20)9-6-13-5-7-14(21-2)11-18(13)22-3/h4-5,7-8,10-11H,6,9,19H2,1-3H3. The maximum atomic E-state index is 12.4. The summed E-state index contributed by atoms with van der Waals surface area (Å²) in [5.74, 6) is 1.50. The first kappa shape index (κ1) is 15.9. The molecular weight excluding hydrogens is 278 g/mol. The van der Waals surface area contributed by atoms with Crippen LogP contribution in [0.15, 0.2) is 36.4 Å². The molecule has 2 N–H and O–H groups in total. The molecule has 0 atom stereocenters. The van der Waals surface area contributed by atoms with E-state index in [1.807, 2.05) is 37.3 Å². The van der Waals surface area contributed by atoms with Gasteiger partial charge >= 0.3 is 0 Å². The highest BCUT2D eigenvalue weighted by molar-refractivity contribution is 6.01. The van der Waals surface area contributed by atoms with Crippen LogP contribution in [0.2, 0.25) is 0 Å². The second-order valence-electron chi connectivity index (χ2n) is 5.19. The molecule has 0 bridgehead atoms. The van der Waals surface area contributed by atoms with Gasteiger partial charge < -0.3 is 15.2 Å². The summed E-state index contributed by atoms with van der Waals surface area (Å²) in [5, 5.41) is 0. The van der Waals surface area contributed by atoms with Crippen molar-refractivity contribution in [3.05, 3.63) is 53.1 Å². The molecule has 4 nitrogen and oxygen atoms in total. The normalized spacial score (nSPS) is 10.3. The number of carbonyl (C=O) groups excluding carboxylic acids is 1. The molecule has 0 saturated heterocycles. The quantitative estimate of drug-likeness (QED) is 0.656. The van der Waals surface area contributed by atoms with Crippen molar-refractivity contribution in [2.75, 3.05) is 20.0 Å². The van der Waals surface area contributed by atoms with Gasteiger partial charge in [-0.1, -0.05) is 17.7 Å². The number of Topliss-reactive ketones (excluding diaryl/α,β-unsaturated/α-hetero) is 1. The van der Waals surface area contributed by atoms with Gasteiger partial charge in [-0.3, -0.25) is 4.79 Å². The molecule has 0 amide bonds. The summed E-state index contributed by atoms with van der Waals surface area (Å²) in [5.41, 5.74) is 9.01. The van der Waals surface area contributed by atoms with Crippen LogP contribution < -0.4 is 15.2 Å². The molecule has 0 fully saturated rings. The SMILES string of the molecule is COc1ccc(CCC(=O)c2cc(C)ccc2N)c(OC)c1. The Morgan fingerprint density at radius 3 is 2.55 bits per heavy atom. The van der Waals surface area contributed by atoms with Crippen LogP contribution in [0.3, 0.4) is 0 Å². The number of benzene rings is 2. The first-order valence-corrected chi connectivity index (χ1v) is 7.15. The number of nitrogen functional groups attached to an aromatic ring is 1. The Labute approximate surface area is 130 Å². The van der Waals surface area contributed by atoms with E-state index in [9.17, 15) is 4.79 Å². The number of ether oxygens (including phenoxy) is 2. The van der Waals surface area contributed by atoms with Crippen molar-refractivity contribution in [2.45, 2.75) is 19.8 Å². The Morgan fingerprint density at radius 1 is 1.09 bits per heavy atom. The van der Waals surface area contributed by atoms with E-state index in [0.29, 0.717) is 24.1 Å². The predicted octanol–water partition coefficient (Wildman–Crippen LogP) is 3.41. The predicted molar refractivity (Wildman–Crippen MR) is 87.8 cm³/mol. The van der Waals surface area contributed by atoms with Crippen molar-refractivity contribution >= 4 is 11.5 Å². The van der Waals surface area contributed by atoms with E-state index in [0.717, 1.165) is 22.6 Å². The molecule has 22 heavy (non-hydrogen) atoms. The summed E-state index contributed by atoms with van der Waals surface area (Å²) in [6.45, 7) is 1.95. The largest absolute Gasteiger partial charge is 0.497 e. The van der Waals surface area contributed by atoms with E-state index < -0.39 is 0 Å². The maximum Gasteiger partial charge on any atom is 0.165 e. The Kier molecular flexibility index (Phi) is 5.04. The van der Waals surface area contributed by atoms with Crippen molar-refractivity contribution in [3.8, 4) is 11.5 Å². The highest BCUT2D eigenvalue weighted by Gasteiger charge is 2.12. The van der Waals surface area contributed by atoms with Crippen LogP contribution >= 0.6 is 0 Å². The summed E-state index contributed by atoms with van der Waals surface area (Å²) in [6, 6.07) is 11.1. The van der Waals surface area contributed by atoms with E-state index in [1.165, 1.54) is 0 Å². The molecule has 0 aliphatic rings. The monoisotopic (exact) mass is 299 g/mol. The van der Waals surface area contributed by atoms with Gasteiger partial charge in [0.1, 0.15) is 11.5 Å². The minimum atomic E-state index is 0.0408. The lowest BCUT2D eigenvalue weighted by Crippen LogP contribution is -2.06. The molecule has 116 valence electrons. The topological polar surface area (TPSA) is 61.5 Å². The van der Waals surface area contributed by atoms with Gasteiger partial charge in [-0.15, -0.1) is 0 Å². The fourth-order valence-corrected chi connectivity index (χ4v) is 2.35. The number of ketones is 1. The zero-order chi connectivity index (χ0) is 16.1. The fraction of sp³-hybridized carbons (Fsp3) is 0.278. The Morgan fingerprint density at radius 2 is 1.86 bits per heavy atom. The molecule has 0 aliphatic heterocycles. The lowest BCUT2D eigenvalue weighted by molar-refractivity contribution is 0.0983. The van der Waals surface area contributed by atoms with Crippen LogP contribution in [-0.2, 0) is 6.42 Å². The number of hydrogen-bond acceptors (Lipinski definition) is 4. The van der Waals surface area contributed by atoms with Crippen LogP contribution in [0.25, 0.3) is 0 Å². The van der Waals surface area contributed by atoms with E-state index in [-0.39, 0.29) is 5.78 Å². The number of nitrogens with two attached hydrogens (primary N) is 1. The van der Waals surface area contributed by atoms with Crippen molar-refractivity contribution in [1.29, 1.82) is 0 Å². The van der Waals surface area contributed by atoms with Crippen LogP contribution in [-0.4, -0.2) is 20.0 Å². The molecule has 0 aliphatic carbocycles. The third-order valence-corrected chi connectivity index (χ3v) is 3.62. The fourth-order valence-electron chi connectivity index (χ4n) is 2.35. The molecule has 0 spiro atoms. The number of carbonyl (C=O) groups is 1. The van der Waals surface area contributed by atoms with Gasteiger partial charge in [0, 0.05) is 23.7 Å². The van der Waals surface area contributed by atoms with Gasteiger partial charge in [0.2, 0.25) is 0 Å². The van der Waals surface area contributed by atoms with E-state index in [2.05, 4.69) is 0 Å². The van der Waals surface area contributed by atoms with Gasteiger partial charge in [0.05, 0.1) is 14.2 Å². The highest BCUT2D eigenvalue weighted by atomic mass is 16.5. The third-order valence-electron chi connectivity index (χ3n) is 3.62. The van der Waals surface area contributed by atoms with Crippen molar-refractivity contribution in [2.24, 2.45) is 0 Å². The number of rotatable bonds is 6. The van der Waals surface area contributed by atoms with E-state index >= 15 is 0 Å². The lowest BCUT2D eigenvalue weighted by atomic mass is 9.99. The zero-order valence-corrected chi connectivity index (χ0v) is 13.2. The van der Waals surface area contributed by atoms with Gasteiger partial charge in [0.25, 0.3) is 0 Å².